The largest absolute Gasteiger partial charge is 0.469 e. The zero-order valence-electron chi connectivity index (χ0n) is 17.7. The summed E-state index contributed by atoms with van der Waals surface area (Å²) in [6.45, 7) is 11.6. The lowest BCUT2D eigenvalue weighted by Crippen LogP contribution is -2.55. The molecule has 154 valence electrons. The highest BCUT2D eigenvalue weighted by atomic mass is 28.4. The zero-order chi connectivity index (χ0) is 20.2. The number of allylic oxidation sites excluding steroid dienone is 2. The van der Waals surface area contributed by atoms with Crippen molar-refractivity contribution in [2.45, 2.75) is 64.6 Å². The number of carbonyl (C=O) groups is 2. The maximum Gasteiger partial charge on any atom is 0.310 e. The third kappa shape index (κ3) is 5.02. The average molecular weight is 397 g/mol. The summed E-state index contributed by atoms with van der Waals surface area (Å²) < 4.78 is 16.6. The molecule has 0 aromatic rings. The van der Waals surface area contributed by atoms with Crippen LogP contribution >= 0.6 is 0 Å². The monoisotopic (exact) mass is 396 g/mol. The molecule has 2 aliphatic rings. The van der Waals surface area contributed by atoms with Gasteiger partial charge in [0.2, 0.25) is 0 Å². The Morgan fingerprint density at radius 2 is 1.48 bits per heavy atom. The molecule has 0 unspecified atom stereocenters. The summed E-state index contributed by atoms with van der Waals surface area (Å²) in [7, 11) is -0.452. The molecule has 1 saturated carbocycles. The van der Waals surface area contributed by atoms with Gasteiger partial charge in [-0.15, -0.1) is 0 Å². The van der Waals surface area contributed by atoms with Crippen molar-refractivity contribution in [3.8, 4) is 0 Å². The van der Waals surface area contributed by atoms with Gasteiger partial charge in [-0.2, -0.15) is 0 Å². The molecule has 6 heteroatoms. The van der Waals surface area contributed by atoms with E-state index in [2.05, 4.69) is 46.0 Å². The number of carbonyl (C=O) groups excluding carboxylic acids is 2. The first-order chi connectivity index (χ1) is 12.6. The standard InChI is InChI=1S/C21H36O5Si/c1-21(2,3)27(5,6)26-14-13-25-20(23)18-16-12-10-8-7-9-11-15(16)17(18)19(22)24-4/h7-8,15-18H,9-14H2,1-6H3/b8-7-/t15-,16-,17-,18+/m0/s1. The normalized spacial score (nSPS) is 29.6. The summed E-state index contributed by atoms with van der Waals surface area (Å²) in [6.07, 6.45) is 8.11. The summed E-state index contributed by atoms with van der Waals surface area (Å²) in [6, 6.07) is 0. The van der Waals surface area contributed by atoms with Crippen LogP contribution in [0.25, 0.3) is 0 Å². The van der Waals surface area contributed by atoms with Gasteiger partial charge in [-0.25, -0.2) is 0 Å². The van der Waals surface area contributed by atoms with Gasteiger partial charge in [0.15, 0.2) is 8.32 Å². The molecular formula is C21H36O5Si. The minimum atomic E-state index is -1.85. The van der Waals surface area contributed by atoms with Crippen LogP contribution in [-0.2, 0) is 23.5 Å². The number of methoxy groups -OCH3 is 1. The molecule has 0 saturated heterocycles. The maximum atomic E-state index is 12.7. The van der Waals surface area contributed by atoms with Crippen LogP contribution in [0.15, 0.2) is 12.2 Å². The molecule has 0 amide bonds. The SMILES string of the molecule is COC(=O)[C@H]1[C@H]2CC/C=C\CC[C@@H]2[C@H]1C(=O)OCCO[Si](C)(C)C(C)(C)C. The predicted octanol–water partition coefficient (Wildman–Crippen LogP) is 4.33. The minimum absolute atomic E-state index is 0.126. The first-order valence-corrected chi connectivity index (χ1v) is 13.0. The van der Waals surface area contributed by atoms with Crippen molar-refractivity contribution in [2.75, 3.05) is 20.3 Å². The topological polar surface area (TPSA) is 61.8 Å². The third-order valence-corrected chi connectivity index (χ3v) is 11.2. The molecule has 27 heavy (non-hydrogen) atoms. The van der Waals surface area contributed by atoms with Crippen LogP contribution < -0.4 is 0 Å². The van der Waals surface area contributed by atoms with Crippen molar-refractivity contribution >= 4 is 20.3 Å². The van der Waals surface area contributed by atoms with Gasteiger partial charge in [0, 0.05) is 0 Å². The van der Waals surface area contributed by atoms with Crippen LogP contribution in [0.4, 0.5) is 0 Å². The summed E-state index contributed by atoms with van der Waals surface area (Å²) in [5.41, 5.74) is 0. The van der Waals surface area contributed by atoms with Crippen LogP contribution in [0, 0.1) is 23.7 Å². The van der Waals surface area contributed by atoms with E-state index in [1.165, 1.54) is 7.11 Å². The second-order valence-corrected chi connectivity index (χ2v) is 14.1. The minimum Gasteiger partial charge on any atom is -0.469 e. The van der Waals surface area contributed by atoms with Gasteiger partial charge >= 0.3 is 11.9 Å². The molecule has 0 N–H and O–H groups in total. The lowest BCUT2D eigenvalue weighted by molar-refractivity contribution is -0.182. The smallest absolute Gasteiger partial charge is 0.310 e. The number of rotatable bonds is 6. The molecule has 0 aromatic heterocycles. The summed E-state index contributed by atoms with van der Waals surface area (Å²) in [5, 5.41) is 0.126. The fourth-order valence-electron chi connectivity index (χ4n) is 4.05. The Balaban J connectivity index is 1.93. The first kappa shape index (κ1) is 22.1. The molecule has 0 aromatic carbocycles. The molecule has 2 aliphatic carbocycles. The average Bonchev–Trinajstić information content (AvgIpc) is 2.55. The number of hydrogen-bond donors (Lipinski definition) is 0. The molecule has 0 radical (unpaired) electrons. The Kier molecular flexibility index (Phi) is 7.31. The van der Waals surface area contributed by atoms with Crippen molar-refractivity contribution in [1.82, 2.24) is 0 Å². The van der Waals surface area contributed by atoms with E-state index in [4.69, 9.17) is 13.9 Å². The zero-order valence-corrected chi connectivity index (χ0v) is 18.7. The molecule has 5 nitrogen and oxygen atoms in total. The van der Waals surface area contributed by atoms with Crippen LogP contribution in [0.3, 0.4) is 0 Å². The molecular weight excluding hydrogens is 360 g/mol. The number of esters is 2. The van der Waals surface area contributed by atoms with Gasteiger partial charge in [-0.1, -0.05) is 32.9 Å². The molecule has 0 heterocycles. The van der Waals surface area contributed by atoms with E-state index in [0.717, 1.165) is 25.7 Å². The lowest BCUT2D eigenvalue weighted by atomic mass is 9.53. The molecule has 0 bridgehead atoms. The second-order valence-electron chi connectivity index (χ2n) is 9.30. The van der Waals surface area contributed by atoms with Gasteiger partial charge in [-0.3, -0.25) is 9.59 Å². The fraction of sp³-hybridized carbons (Fsp3) is 0.810. The Bertz CT molecular complexity index is 563. The molecule has 0 aliphatic heterocycles. The van der Waals surface area contributed by atoms with Gasteiger partial charge in [0.25, 0.3) is 0 Å². The van der Waals surface area contributed by atoms with E-state index in [0.29, 0.717) is 6.61 Å². The van der Waals surface area contributed by atoms with Crippen molar-refractivity contribution in [3.05, 3.63) is 12.2 Å². The van der Waals surface area contributed by atoms with Gasteiger partial charge in [-0.05, 0) is 55.7 Å². The van der Waals surface area contributed by atoms with Crippen LogP contribution in [0.2, 0.25) is 18.1 Å². The van der Waals surface area contributed by atoms with E-state index in [1.54, 1.807) is 0 Å². The molecule has 4 atom stereocenters. The highest BCUT2D eigenvalue weighted by molar-refractivity contribution is 6.74. The summed E-state index contributed by atoms with van der Waals surface area (Å²) in [5.74, 6) is -0.839. The Morgan fingerprint density at radius 1 is 0.963 bits per heavy atom. The number of hydrogen-bond acceptors (Lipinski definition) is 5. The third-order valence-electron chi connectivity index (χ3n) is 6.70. The van der Waals surface area contributed by atoms with E-state index in [-0.39, 0.29) is 47.3 Å². The van der Waals surface area contributed by atoms with Gasteiger partial charge in [0.05, 0.1) is 25.6 Å². The van der Waals surface area contributed by atoms with E-state index >= 15 is 0 Å². The summed E-state index contributed by atoms with van der Waals surface area (Å²) >= 11 is 0. The van der Waals surface area contributed by atoms with Crippen LogP contribution in [-0.4, -0.2) is 40.6 Å². The number of fused-ring (bicyclic) bond motifs is 1. The molecule has 2 rings (SSSR count). The van der Waals surface area contributed by atoms with Crippen LogP contribution in [0.1, 0.15) is 46.5 Å². The van der Waals surface area contributed by atoms with E-state index < -0.39 is 8.32 Å². The molecule has 1 fully saturated rings. The van der Waals surface area contributed by atoms with Gasteiger partial charge < -0.3 is 13.9 Å². The fourth-order valence-corrected chi connectivity index (χ4v) is 5.08. The second kappa shape index (κ2) is 8.91. The quantitative estimate of drug-likeness (QED) is 0.289. The van der Waals surface area contributed by atoms with Crippen molar-refractivity contribution in [1.29, 1.82) is 0 Å². The Morgan fingerprint density at radius 3 is 1.96 bits per heavy atom. The van der Waals surface area contributed by atoms with E-state index in [9.17, 15) is 9.59 Å². The maximum absolute atomic E-state index is 12.7. The van der Waals surface area contributed by atoms with Crippen molar-refractivity contribution < 1.29 is 23.5 Å². The first-order valence-electron chi connectivity index (χ1n) is 10.1. The lowest BCUT2D eigenvalue weighted by Gasteiger charge is -2.49. The van der Waals surface area contributed by atoms with Crippen molar-refractivity contribution in [3.63, 3.8) is 0 Å². The Labute approximate surface area is 165 Å². The molecule has 0 spiro atoms. The number of ether oxygens (including phenoxy) is 2. The van der Waals surface area contributed by atoms with Gasteiger partial charge in [0.1, 0.15) is 6.61 Å². The van der Waals surface area contributed by atoms with Crippen LogP contribution in [0.5, 0.6) is 0 Å². The highest BCUT2D eigenvalue weighted by Crippen LogP contribution is 2.52. The highest BCUT2D eigenvalue weighted by Gasteiger charge is 2.57. The predicted molar refractivity (Wildman–Crippen MR) is 108 cm³/mol. The summed E-state index contributed by atoms with van der Waals surface area (Å²) in [4.78, 5) is 25.0. The van der Waals surface area contributed by atoms with E-state index in [1.807, 2.05) is 0 Å². The Hall–Kier alpha value is -1.14. The van der Waals surface area contributed by atoms with Crippen molar-refractivity contribution in [2.24, 2.45) is 23.7 Å².